The Balaban J connectivity index is 1.99. The number of nitrogens with two attached hydrogens (primary N) is 1. The predicted octanol–water partition coefficient (Wildman–Crippen LogP) is 4.94. The van der Waals surface area contributed by atoms with E-state index in [0.29, 0.717) is 17.3 Å². The summed E-state index contributed by atoms with van der Waals surface area (Å²) < 4.78 is 11.9. The average molecular weight is 407 g/mol. The van der Waals surface area contributed by atoms with E-state index in [4.69, 9.17) is 26.8 Å². The number of anilines is 1. The Hall–Kier alpha value is -2.31. The number of rotatable bonds is 4. The van der Waals surface area contributed by atoms with Crippen LogP contribution in [0.25, 0.3) is 11.4 Å². The SMILES string of the molecule is COc1ccccc1Oc1c(N)nc(-c2cccc(Br)c2)nc1Cl. The molecule has 7 heteroatoms. The maximum atomic E-state index is 6.26. The minimum absolute atomic E-state index is 0.128. The van der Waals surface area contributed by atoms with Crippen LogP contribution in [0.4, 0.5) is 5.82 Å². The maximum absolute atomic E-state index is 6.26. The molecular weight excluding hydrogens is 394 g/mol. The molecule has 0 radical (unpaired) electrons. The highest BCUT2D eigenvalue weighted by Gasteiger charge is 2.16. The fraction of sp³-hybridized carbons (Fsp3) is 0.0588. The summed E-state index contributed by atoms with van der Waals surface area (Å²) in [5.41, 5.74) is 6.82. The zero-order valence-electron chi connectivity index (χ0n) is 12.7. The molecule has 0 fully saturated rings. The summed E-state index contributed by atoms with van der Waals surface area (Å²) in [5.74, 6) is 1.80. The second-order valence-electron chi connectivity index (χ2n) is 4.82. The van der Waals surface area contributed by atoms with E-state index in [2.05, 4.69) is 25.9 Å². The van der Waals surface area contributed by atoms with Crippen LogP contribution in [0.5, 0.6) is 17.2 Å². The first-order valence-electron chi connectivity index (χ1n) is 6.98. The first-order valence-corrected chi connectivity index (χ1v) is 8.15. The van der Waals surface area contributed by atoms with E-state index >= 15 is 0 Å². The highest BCUT2D eigenvalue weighted by atomic mass is 79.9. The molecule has 24 heavy (non-hydrogen) atoms. The Bertz CT molecular complexity index is 866. The molecule has 0 saturated carbocycles. The fourth-order valence-corrected chi connectivity index (χ4v) is 2.72. The van der Waals surface area contributed by atoms with Gasteiger partial charge in [-0.15, -0.1) is 0 Å². The molecule has 0 spiro atoms. The average Bonchev–Trinajstić information content (AvgIpc) is 2.58. The van der Waals surface area contributed by atoms with Gasteiger partial charge >= 0.3 is 0 Å². The van der Waals surface area contributed by atoms with E-state index in [1.165, 1.54) is 0 Å². The largest absolute Gasteiger partial charge is 0.493 e. The summed E-state index contributed by atoms with van der Waals surface area (Å²) >= 11 is 9.67. The molecule has 0 unspecified atom stereocenters. The molecule has 0 aliphatic heterocycles. The van der Waals surface area contributed by atoms with Crippen LogP contribution in [0.2, 0.25) is 5.15 Å². The number of aromatic nitrogens is 2. The molecule has 3 rings (SSSR count). The minimum atomic E-state index is 0.128. The van der Waals surface area contributed by atoms with Crippen molar-refractivity contribution in [3.63, 3.8) is 0 Å². The summed E-state index contributed by atoms with van der Waals surface area (Å²) in [6.07, 6.45) is 0. The first kappa shape index (κ1) is 16.5. The summed E-state index contributed by atoms with van der Waals surface area (Å²) in [4.78, 5) is 8.58. The third-order valence-corrected chi connectivity index (χ3v) is 3.96. The zero-order valence-corrected chi connectivity index (χ0v) is 15.0. The molecule has 3 aromatic rings. The maximum Gasteiger partial charge on any atom is 0.206 e. The lowest BCUT2D eigenvalue weighted by molar-refractivity contribution is 0.378. The highest BCUT2D eigenvalue weighted by molar-refractivity contribution is 9.10. The number of para-hydroxylation sites is 2. The third-order valence-electron chi connectivity index (χ3n) is 3.21. The lowest BCUT2D eigenvalue weighted by Gasteiger charge is -2.13. The van der Waals surface area contributed by atoms with Gasteiger partial charge in [0.15, 0.2) is 28.3 Å². The van der Waals surface area contributed by atoms with Crippen molar-refractivity contribution in [1.82, 2.24) is 9.97 Å². The Morgan fingerprint density at radius 1 is 1.04 bits per heavy atom. The number of nitrogen functional groups attached to an aromatic ring is 1. The molecule has 0 bridgehead atoms. The zero-order chi connectivity index (χ0) is 17.1. The van der Waals surface area contributed by atoms with E-state index in [1.807, 2.05) is 36.4 Å². The van der Waals surface area contributed by atoms with Gasteiger partial charge in [0.25, 0.3) is 0 Å². The fourth-order valence-electron chi connectivity index (χ4n) is 2.10. The van der Waals surface area contributed by atoms with Gasteiger partial charge < -0.3 is 15.2 Å². The molecule has 1 aromatic heterocycles. The normalized spacial score (nSPS) is 10.5. The summed E-state index contributed by atoms with van der Waals surface area (Å²) in [7, 11) is 1.56. The van der Waals surface area contributed by atoms with E-state index in [0.717, 1.165) is 10.0 Å². The number of hydrogen-bond acceptors (Lipinski definition) is 5. The quantitative estimate of drug-likeness (QED) is 0.621. The standard InChI is InChI=1S/C17H13BrClN3O2/c1-23-12-7-2-3-8-13(12)24-14-15(19)21-17(22-16(14)20)10-5-4-6-11(18)9-10/h2-9H,1H3,(H2,20,21,22). The third kappa shape index (κ3) is 3.44. The second-order valence-corrected chi connectivity index (χ2v) is 6.09. The molecule has 2 N–H and O–H groups in total. The van der Waals surface area contributed by atoms with E-state index < -0.39 is 0 Å². The first-order chi connectivity index (χ1) is 11.6. The van der Waals surface area contributed by atoms with E-state index in [-0.39, 0.29) is 16.7 Å². The van der Waals surface area contributed by atoms with Crippen LogP contribution >= 0.6 is 27.5 Å². The van der Waals surface area contributed by atoms with Gasteiger partial charge in [-0.2, -0.15) is 0 Å². The molecular formula is C17H13BrClN3O2. The van der Waals surface area contributed by atoms with Crippen molar-refractivity contribution in [3.05, 3.63) is 58.2 Å². The molecule has 122 valence electrons. The molecule has 1 heterocycles. The molecule has 2 aromatic carbocycles. The van der Waals surface area contributed by atoms with Crippen molar-refractivity contribution in [2.75, 3.05) is 12.8 Å². The number of nitrogens with zero attached hydrogens (tertiary/aromatic N) is 2. The van der Waals surface area contributed by atoms with Gasteiger partial charge in [0.2, 0.25) is 5.75 Å². The lowest BCUT2D eigenvalue weighted by atomic mass is 10.2. The van der Waals surface area contributed by atoms with Gasteiger partial charge in [0, 0.05) is 10.0 Å². The van der Waals surface area contributed by atoms with Crippen LogP contribution in [0, 0.1) is 0 Å². The van der Waals surface area contributed by atoms with Crippen molar-refractivity contribution in [2.45, 2.75) is 0 Å². The number of ether oxygens (including phenoxy) is 2. The van der Waals surface area contributed by atoms with Crippen LogP contribution in [0.15, 0.2) is 53.0 Å². The van der Waals surface area contributed by atoms with Crippen LogP contribution < -0.4 is 15.2 Å². The summed E-state index contributed by atoms with van der Waals surface area (Å²) in [6, 6.07) is 14.7. The molecule has 0 saturated heterocycles. The molecule has 0 amide bonds. The van der Waals surface area contributed by atoms with Crippen molar-refractivity contribution in [3.8, 4) is 28.6 Å². The summed E-state index contributed by atoms with van der Waals surface area (Å²) in [5, 5.41) is 0.128. The van der Waals surface area contributed by atoms with Crippen LogP contribution in [0.3, 0.4) is 0 Å². The van der Waals surface area contributed by atoms with Crippen molar-refractivity contribution < 1.29 is 9.47 Å². The summed E-state index contributed by atoms with van der Waals surface area (Å²) in [6.45, 7) is 0. The molecule has 0 aliphatic rings. The molecule has 5 nitrogen and oxygen atoms in total. The van der Waals surface area contributed by atoms with Gasteiger partial charge in [0.1, 0.15) is 0 Å². The van der Waals surface area contributed by atoms with E-state index in [1.54, 1.807) is 19.2 Å². The second kappa shape index (κ2) is 7.07. The molecule has 0 aliphatic carbocycles. The Morgan fingerprint density at radius 2 is 1.79 bits per heavy atom. The Labute approximate surface area is 152 Å². The number of methoxy groups -OCH3 is 1. The van der Waals surface area contributed by atoms with Crippen LogP contribution in [0.1, 0.15) is 0 Å². The lowest BCUT2D eigenvalue weighted by Crippen LogP contribution is -2.01. The van der Waals surface area contributed by atoms with Gasteiger partial charge in [-0.05, 0) is 24.3 Å². The van der Waals surface area contributed by atoms with Gasteiger partial charge in [-0.3, -0.25) is 0 Å². The van der Waals surface area contributed by atoms with Crippen molar-refractivity contribution in [2.24, 2.45) is 0 Å². The van der Waals surface area contributed by atoms with Crippen LogP contribution in [-0.2, 0) is 0 Å². The van der Waals surface area contributed by atoms with E-state index in [9.17, 15) is 0 Å². The van der Waals surface area contributed by atoms with Crippen molar-refractivity contribution in [1.29, 1.82) is 0 Å². The highest BCUT2D eigenvalue weighted by Crippen LogP contribution is 2.38. The Kier molecular flexibility index (Phi) is 4.87. The number of hydrogen-bond donors (Lipinski definition) is 1. The van der Waals surface area contributed by atoms with Crippen molar-refractivity contribution >= 4 is 33.3 Å². The topological polar surface area (TPSA) is 70.3 Å². The minimum Gasteiger partial charge on any atom is -0.493 e. The van der Waals surface area contributed by atoms with Crippen LogP contribution in [-0.4, -0.2) is 17.1 Å². The predicted molar refractivity (Wildman–Crippen MR) is 97.7 cm³/mol. The number of benzene rings is 2. The molecule has 0 atom stereocenters. The van der Waals surface area contributed by atoms with Gasteiger partial charge in [-0.1, -0.05) is 51.8 Å². The Morgan fingerprint density at radius 3 is 2.46 bits per heavy atom. The van der Waals surface area contributed by atoms with Gasteiger partial charge in [-0.25, -0.2) is 9.97 Å². The van der Waals surface area contributed by atoms with Gasteiger partial charge in [0.05, 0.1) is 7.11 Å². The smallest absolute Gasteiger partial charge is 0.206 e. The number of halogens is 2. The monoisotopic (exact) mass is 405 g/mol.